The Balaban J connectivity index is 2.05. The number of nitriles is 1. The number of alkyl halides is 3. The fraction of sp³-hybridized carbons (Fsp3) is 0.400. The van der Waals surface area contributed by atoms with E-state index in [1.54, 1.807) is 41.3 Å². The molecular weight excluding hydrogens is 369 g/mol. The summed E-state index contributed by atoms with van der Waals surface area (Å²) in [6, 6.07) is 5.04. The van der Waals surface area contributed by atoms with Crippen LogP contribution in [-0.4, -0.2) is 33.9 Å². The van der Waals surface area contributed by atoms with Gasteiger partial charge in [0.2, 0.25) is 0 Å². The number of hydrogen-bond donors (Lipinski definition) is 1. The third-order valence-electron chi connectivity index (χ3n) is 5.25. The molecule has 0 unspecified atom stereocenters. The highest BCUT2D eigenvalue weighted by molar-refractivity contribution is 5.60. The predicted octanol–water partition coefficient (Wildman–Crippen LogP) is 3.91. The summed E-state index contributed by atoms with van der Waals surface area (Å²) in [5.74, 6) is 0. The fourth-order valence-corrected chi connectivity index (χ4v) is 3.77. The quantitative estimate of drug-likeness (QED) is 0.863. The maximum atomic E-state index is 13.3. The lowest BCUT2D eigenvalue weighted by Gasteiger charge is -2.45. The van der Waals surface area contributed by atoms with Crippen LogP contribution in [0.5, 0.6) is 0 Å². The van der Waals surface area contributed by atoms with Gasteiger partial charge in [-0.25, -0.2) is 4.98 Å². The number of halogens is 3. The van der Waals surface area contributed by atoms with Crippen LogP contribution in [0.15, 0.2) is 43.0 Å². The van der Waals surface area contributed by atoms with Crippen LogP contribution in [0.3, 0.4) is 0 Å². The summed E-state index contributed by atoms with van der Waals surface area (Å²) in [6.45, 7) is 3.93. The minimum Gasteiger partial charge on any atom is -0.387 e. The molecule has 1 aromatic heterocycles. The summed E-state index contributed by atoms with van der Waals surface area (Å²) < 4.78 is 41.8. The van der Waals surface area contributed by atoms with Crippen molar-refractivity contribution in [2.45, 2.75) is 38.6 Å². The standard InChI is InChI=1S/C20H21F3N4O/c1-19(2)10-17(28)16(27-7-6-25-12-27)9-18(19)26(3)14-5-4-13(11-24)15(8-14)20(21,22)23/h4-9,12,17-18,28H,10H2,1-3H3/t17-,18-/m1/s1. The molecule has 5 nitrogen and oxygen atoms in total. The number of imidazole rings is 1. The van der Waals surface area contributed by atoms with E-state index >= 15 is 0 Å². The summed E-state index contributed by atoms with van der Waals surface area (Å²) in [7, 11) is 1.72. The maximum Gasteiger partial charge on any atom is 0.417 e. The van der Waals surface area contributed by atoms with E-state index < -0.39 is 28.8 Å². The number of aliphatic hydroxyl groups excluding tert-OH is 1. The van der Waals surface area contributed by atoms with Crippen LogP contribution in [-0.2, 0) is 6.18 Å². The smallest absolute Gasteiger partial charge is 0.387 e. The van der Waals surface area contributed by atoms with Gasteiger partial charge in [-0.2, -0.15) is 18.4 Å². The first kappa shape index (κ1) is 20.0. The van der Waals surface area contributed by atoms with Crippen LogP contribution in [0, 0.1) is 16.7 Å². The average Bonchev–Trinajstić information content (AvgIpc) is 3.13. The second kappa shape index (κ2) is 6.99. The van der Waals surface area contributed by atoms with Crippen molar-refractivity contribution in [1.29, 1.82) is 5.26 Å². The van der Waals surface area contributed by atoms with E-state index in [4.69, 9.17) is 5.26 Å². The van der Waals surface area contributed by atoms with E-state index in [9.17, 15) is 18.3 Å². The van der Waals surface area contributed by atoms with Crippen molar-refractivity contribution < 1.29 is 18.3 Å². The van der Waals surface area contributed by atoms with Crippen molar-refractivity contribution >= 4 is 11.4 Å². The van der Waals surface area contributed by atoms with Gasteiger partial charge in [0.25, 0.3) is 0 Å². The Morgan fingerprint density at radius 2 is 2.07 bits per heavy atom. The third-order valence-corrected chi connectivity index (χ3v) is 5.25. The molecule has 1 aliphatic carbocycles. The molecule has 1 N–H and O–H groups in total. The molecule has 0 amide bonds. The molecule has 148 valence electrons. The minimum atomic E-state index is -4.61. The molecule has 1 aliphatic rings. The van der Waals surface area contributed by atoms with E-state index in [2.05, 4.69) is 4.98 Å². The van der Waals surface area contributed by atoms with Crippen molar-refractivity contribution in [3.63, 3.8) is 0 Å². The van der Waals surface area contributed by atoms with E-state index in [0.717, 1.165) is 6.07 Å². The zero-order chi connectivity index (χ0) is 20.7. The molecule has 0 saturated heterocycles. The first-order valence-electron chi connectivity index (χ1n) is 8.77. The van der Waals surface area contributed by atoms with Gasteiger partial charge in [0, 0.05) is 25.1 Å². The maximum absolute atomic E-state index is 13.3. The zero-order valence-electron chi connectivity index (χ0n) is 15.8. The average molecular weight is 390 g/mol. The molecular formula is C20H21F3N4O. The Labute approximate surface area is 161 Å². The van der Waals surface area contributed by atoms with Gasteiger partial charge in [-0.3, -0.25) is 0 Å². The van der Waals surface area contributed by atoms with Crippen LogP contribution >= 0.6 is 0 Å². The van der Waals surface area contributed by atoms with E-state index in [0.29, 0.717) is 17.8 Å². The van der Waals surface area contributed by atoms with Crippen LogP contribution in [0.2, 0.25) is 0 Å². The lowest BCUT2D eigenvalue weighted by Crippen LogP contribution is -2.47. The zero-order valence-corrected chi connectivity index (χ0v) is 15.8. The summed E-state index contributed by atoms with van der Waals surface area (Å²) >= 11 is 0. The molecule has 1 aromatic carbocycles. The molecule has 0 spiro atoms. The van der Waals surface area contributed by atoms with Gasteiger partial charge in [-0.1, -0.05) is 13.8 Å². The summed E-state index contributed by atoms with van der Waals surface area (Å²) in [6.07, 6.45) is 1.87. The lowest BCUT2D eigenvalue weighted by atomic mass is 9.73. The SMILES string of the molecule is CN(c1ccc(C#N)c(C(F)(F)F)c1)[C@@H]1C=C(n2ccnc2)[C@H](O)CC1(C)C. The Hall–Kier alpha value is -2.79. The van der Waals surface area contributed by atoms with Gasteiger partial charge in [0.15, 0.2) is 0 Å². The number of aromatic nitrogens is 2. The van der Waals surface area contributed by atoms with E-state index in [1.807, 2.05) is 19.9 Å². The molecule has 0 bridgehead atoms. The highest BCUT2D eigenvalue weighted by Crippen LogP contribution is 2.41. The molecule has 2 atom stereocenters. The first-order valence-corrected chi connectivity index (χ1v) is 8.77. The van der Waals surface area contributed by atoms with Crippen molar-refractivity contribution in [3.05, 3.63) is 54.1 Å². The Bertz CT molecular complexity index is 926. The predicted molar refractivity (Wildman–Crippen MR) is 99.3 cm³/mol. The van der Waals surface area contributed by atoms with Crippen molar-refractivity contribution in [2.75, 3.05) is 11.9 Å². The number of aliphatic hydroxyl groups is 1. The molecule has 3 rings (SSSR count). The van der Waals surface area contributed by atoms with Gasteiger partial charge < -0.3 is 14.6 Å². The number of benzene rings is 1. The van der Waals surface area contributed by atoms with Crippen LogP contribution in [0.4, 0.5) is 18.9 Å². The molecule has 0 radical (unpaired) electrons. The van der Waals surface area contributed by atoms with Gasteiger partial charge in [0.05, 0.1) is 41.4 Å². The van der Waals surface area contributed by atoms with Crippen LogP contribution < -0.4 is 4.90 Å². The molecule has 28 heavy (non-hydrogen) atoms. The largest absolute Gasteiger partial charge is 0.417 e. The second-order valence-corrected chi connectivity index (χ2v) is 7.67. The minimum absolute atomic E-state index is 0.276. The number of anilines is 1. The van der Waals surface area contributed by atoms with Gasteiger partial charge in [-0.05, 0) is 36.1 Å². The number of nitrogens with zero attached hydrogens (tertiary/aromatic N) is 4. The van der Waals surface area contributed by atoms with E-state index in [1.165, 1.54) is 12.1 Å². The van der Waals surface area contributed by atoms with Gasteiger partial charge in [-0.15, -0.1) is 0 Å². The topological polar surface area (TPSA) is 65.1 Å². The Morgan fingerprint density at radius 1 is 1.36 bits per heavy atom. The first-order chi connectivity index (χ1) is 13.0. The van der Waals surface area contributed by atoms with Crippen LogP contribution in [0.25, 0.3) is 5.70 Å². The second-order valence-electron chi connectivity index (χ2n) is 7.67. The molecule has 0 aliphatic heterocycles. The molecule has 0 saturated carbocycles. The van der Waals surface area contributed by atoms with E-state index in [-0.39, 0.29) is 6.04 Å². The highest BCUT2D eigenvalue weighted by Gasteiger charge is 2.40. The van der Waals surface area contributed by atoms with Crippen LogP contribution in [0.1, 0.15) is 31.4 Å². The highest BCUT2D eigenvalue weighted by atomic mass is 19.4. The summed E-state index contributed by atoms with van der Waals surface area (Å²) in [4.78, 5) is 5.74. The number of hydrogen-bond acceptors (Lipinski definition) is 4. The van der Waals surface area contributed by atoms with Gasteiger partial charge >= 0.3 is 6.18 Å². The number of likely N-dealkylation sites (N-methyl/N-ethyl adjacent to an activating group) is 1. The molecule has 2 aromatic rings. The van der Waals surface area contributed by atoms with Crippen molar-refractivity contribution in [3.8, 4) is 6.07 Å². The summed E-state index contributed by atoms with van der Waals surface area (Å²) in [5.41, 5.74) is -0.769. The summed E-state index contributed by atoms with van der Waals surface area (Å²) in [5, 5.41) is 19.5. The molecule has 1 heterocycles. The lowest BCUT2D eigenvalue weighted by molar-refractivity contribution is -0.137. The molecule has 0 fully saturated rings. The molecule has 8 heteroatoms. The van der Waals surface area contributed by atoms with Crippen molar-refractivity contribution in [1.82, 2.24) is 9.55 Å². The fourth-order valence-electron chi connectivity index (χ4n) is 3.77. The monoisotopic (exact) mass is 390 g/mol. The Kier molecular flexibility index (Phi) is 4.98. The van der Waals surface area contributed by atoms with Crippen molar-refractivity contribution in [2.24, 2.45) is 5.41 Å². The normalized spacial score (nSPS) is 21.7. The number of rotatable bonds is 3. The Morgan fingerprint density at radius 3 is 2.64 bits per heavy atom. The third kappa shape index (κ3) is 3.62. The van der Waals surface area contributed by atoms with Gasteiger partial charge in [0.1, 0.15) is 0 Å².